The van der Waals surface area contributed by atoms with Gasteiger partial charge in [0.1, 0.15) is 5.75 Å². The number of carbonyl (C=O) groups is 1. The van der Waals surface area contributed by atoms with Crippen LogP contribution in [0.15, 0.2) is 35.1 Å². The van der Waals surface area contributed by atoms with E-state index in [0.717, 1.165) is 5.39 Å². The Morgan fingerprint density at radius 1 is 1.29 bits per heavy atom. The van der Waals surface area contributed by atoms with Gasteiger partial charge in [-0.15, -0.1) is 0 Å². The van der Waals surface area contributed by atoms with Crippen LogP contribution in [0.5, 0.6) is 5.75 Å². The van der Waals surface area contributed by atoms with E-state index in [1.165, 1.54) is 6.07 Å². The van der Waals surface area contributed by atoms with Gasteiger partial charge in [0, 0.05) is 11.5 Å². The maximum Gasteiger partial charge on any atom is 0.248 e. The fourth-order valence-corrected chi connectivity index (χ4v) is 1.53. The van der Waals surface area contributed by atoms with Crippen molar-refractivity contribution in [2.75, 3.05) is 6.61 Å². The molecular formula is C12H12N2O3. The van der Waals surface area contributed by atoms with Crippen LogP contribution in [0.1, 0.15) is 6.42 Å². The zero-order valence-electron chi connectivity index (χ0n) is 9.10. The first-order valence-electron chi connectivity index (χ1n) is 5.20. The molecular weight excluding hydrogens is 220 g/mol. The monoisotopic (exact) mass is 232 g/mol. The average Bonchev–Trinajstić information content (AvgIpc) is 2.29. The summed E-state index contributed by atoms with van der Waals surface area (Å²) in [6.45, 7) is 0.200. The summed E-state index contributed by atoms with van der Waals surface area (Å²) in [4.78, 5) is 24.5. The summed E-state index contributed by atoms with van der Waals surface area (Å²) in [7, 11) is 0. The molecule has 1 aromatic carbocycles. The number of ether oxygens (including phenoxy) is 1. The molecule has 0 bridgehead atoms. The van der Waals surface area contributed by atoms with Crippen LogP contribution in [0.25, 0.3) is 10.9 Å². The lowest BCUT2D eigenvalue weighted by Crippen LogP contribution is -2.15. The van der Waals surface area contributed by atoms with Gasteiger partial charge >= 0.3 is 0 Å². The third-order valence-corrected chi connectivity index (χ3v) is 2.33. The first kappa shape index (κ1) is 11.2. The molecule has 0 aliphatic heterocycles. The maximum absolute atomic E-state index is 11.2. The highest BCUT2D eigenvalue weighted by atomic mass is 16.5. The summed E-state index contributed by atoms with van der Waals surface area (Å²) in [6, 6.07) is 8.59. The lowest BCUT2D eigenvalue weighted by Gasteiger charge is -2.07. The summed E-state index contributed by atoms with van der Waals surface area (Å²) >= 11 is 0. The van der Waals surface area contributed by atoms with Crippen molar-refractivity contribution in [2.45, 2.75) is 6.42 Å². The van der Waals surface area contributed by atoms with Crippen molar-refractivity contribution in [3.05, 3.63) is 40.7 Å². The largest absolute Gasteiger partial charge is 0.491 e. The zero-order valence-corrected chi connectivity index (χ0v) is 9.10. The topological polar surface area (TPSA) is 85.2 Å². The molecule has 0 aliphatic carbocycles. The number of H-pyrrole nitrogens is 1. The number of benzene rings is 1. The predicted octanol–water partition coefficient (Wildman–Crippen LogP) is 0.782. The van der Waals surface area contributed by atoms with Crippen LogP contribution in [0.3, 0.4) is 0 Å². The summed E-state index contributed by atoms with van der Waals surface area (Å²) < 4.78 is 5.41. The van der Waals surface area contributed by atoms with Gasteiger partial charge in [-0.05, 0) is 12.1 Å². The van der Waals surface area contributed by atoms with Crippen molar-refractivity contribution < 1.29 is 9.53 Å². The number of carbonyl (C=O) groups excluding carboxylic acids is 1. The fourth-order valence-electron chi connectivity index (χ4n) is 1.53. The van der Waals surface area contributed by atoms with Crippen LogP contribution in [0.2, 0.25) is 0 Å². The second-order valence-corrected chi connectivity index (χ2v) is 3.61. The minimum absolute atomic E-state index is 0.146. The third kappa shape index (κ3) is 2.63. The number of pyridine rings is 1. The quantitative estimate of drug-likeness (QED) is 0.816. The van der Waals surface area contributed by atoms with Crippen molar-refractivity contribution in [1.29, 1.82) is 0 Å². The molecule has 0 unspecified atom stereocenters. The molecule has 0 atom stereocenters. The van der Waals surface area contributed by atoms with Crippen molar-refractivity contribution in [1.82, 2.24) is 4.98 Å². The van der Waals surface area contributed by atoms with E-state index in [2.05, 4.69) is 4.98 Å². The van der Waals surface area contributed by atoms with Crippen molar-refractivity contribution >= 4 is 16.8 Å². The Morgan fingerprint density at radius 2 is 2.12 bits per heavy atom. The van der Waals surface area contributed by atoms with Gasteiger partial charge in [0.2, 0.25) is 11.5 Å². The van der Waals surface area contributed by atoms with E-state index in [1.807, 2.05) is 12.1 Å². The molecule has 0 saturated heterocycles. The van der Waals surface area contributed by atoms with Crippen LogP contribution in [-0.2, 0) is 4.79 Å². The normalized spacial score (nSPS) is 10.4. The third-order valence-electron chi connectivity index (χ3n) is 2.33. The minimum Gasteiger partial charge on any atom is -0.491 e. The second-order valence-electron chi connectivity index (χ2n) is 3.61. The van der Waals surface area contributed by atoms with Crippen LogP contribution < -0.4 is 16.0 Å². The highest BCUT2D eigenvalue weighted by molar-refractivity contribution is 5.84. The van der Waals surface area contributed by atoms with E-state index in [4.69, 9.17) is 10.5 Å². The fraction of sp³-hybridized carbons (Fsp3) is 0.167. The standard InChI is InChI=1S/C12H12N2O3/c13-10(15)6-7-17-9-3-1-2-8-4-5-11(16)14-12(8)9/h1-5H,6-7H2,(H2,13,15)(H,14,16). The Morgan fingerprint density at radius 3 is 2.88 bits per heavy atom. The molecule has 0 spiro atoms. The SMILES string of the molecule is NC(=O)CCOc1cccc2ccc(=O)[nH]c12. The molecule has 0 radical (unpaired) electrons. The number of aromatic nitrogens is 1. The summed E-state index contributed by atoms with van der Waals surface area (Å²) in [5.74, 6) is 0.125. The van der Waals surface area contributed by atoms with Gasteiger partial charge in [0.05, 0.1) is 18.5 Å². The van der Waals surface area contributed by atoms with Gasteiger partial charge in [-0.1, -0.05) is 12.1 Å². The van der Waals surface area contributed by atoms with E-state index in [-0.39, 0.29) is 18.6 Å². The number of hydrogen-bond acceptors (Lipinski definition) is 3. The zero-order chi connectivity index (χ0) is 12.3. The second kappa shape index (κ2) is 4.69. The Bertz CT molecular complexity index is 604. The molecule has 0 fully saturated rings. The van der Waals surface area contributed by atoms with Crippen molar-refractivity contribution in [3.63, 3.8) is 0 Å². The van der Waals surface area contributed by atoms with Gasteiger partial charge in [0.25, 0.3) is 0 Å². The number of primary amides is 1. The molecule has 88 valence electrons. The van der Waals surface area contributed by atoms with Gasteiger partial charge in [-0.3, -0.25) is 9.59 Å². The molecule has 2 rings (SSSR count). The molecule has 0 saturated carbocycles. The highest BCUT2D eigenvalue weighted by Crippen LogP contribution is 2.21. The summed E-state index contributed by atoms with van der Waals surface area (Å²) in [5.41, 5.74) is 5.45. The van der Waals surface area contributed by atoms with E-state index in [9.17, 15) is 9.59 Å². The highest BCUT2D eigenvalue weighted by Gasteiger charge is 2.03. The molecule has 17 heavy (non-hydrogen) atoms. The predicted molar refractivity (Wildman–Crippen MR) is 63.9 cm³/mol. The number of para-hydroxylation sites is 1. The van der Waals surface area contributed by atoms with E-state index in [1.54, 1.807) is 12.1 Å². The minimum atomic E-state index is -0.418. The van der Waals surface area contributed by atoms with Gasteiger partial charge < -0.3 is 15.5 Å². The van der Waals surface area contributed by atoms with Gasteiger partial charge in [-0.25, -0.2) is 0 Å². The maximum atomic E-state index is 11.2. The molecule has 3 N–H and O–H groups in total. The van der Waals surface area contributed by atoms with Gasteiger partial charge in [0.15, 0.2) is 0 Å². The molecule has 0 aliphatic rings. The number of nitrogens with two attached hydrogens (primary N) is 1. The number of aromatic amines is 1. The van der Waals surface area contributed by atoms with Gasteiger partial charge in [-0.2, -0.15) is 0 Å². The van der Waals surface area contributed by atoms with E-state index in [0.29, 0.717) is 11.3 Å². The van der Waals surface area contributed by atoms with Crippen LogP contribution in [0, 0.1) is 0 Å². The Hall–Kier alpha value is -2.30. The van der Waals surface area contributed by atoms with E-state index < -0.39 is 5.91 Å². The number of amides is 1. The number of fused-ring (bicyclic) bond motifs is 1. The molecule has 2 aromatic rings. The van der Waals surface area contributed by atoms with Crippen LogP contribution in [0.4, 0.5) is 0 Å². The molecule has 5 nitrogen and oxygen atoms in total. The first-order chi connectivity index (χ1) is 8.16. The number of hydrogen-bond donors (Lipinski definition) is 2. The van der Waals surface area contributed by atoms with Crippen molar-refractivity contribution in [2.24, 2.45) is 5.73 Å². The Kier molecular flexibility index (Phi) is 3.09. The summed E-state index contributed by atoms with van der Waals surface area (Å²) in [5, 5.41) is 0.876. The lowest BCUT2D eigenvalue weighted by molar-refractivity contribution is -0.118. The Balaban J connectivity index is 2.30. The molecule has 5 heteroatoms. The molecule has 1 aromatic heterocycles. The van der Waals surface area contributed by atoms with Crippen LogP contribution >= 0.6 is 0 Å². The molecule has 1 heterocycles. The number of nitrogens with one attached hydrogen (secondary N) is 1. The van der Waals surface area contributed by atoms with E-state index >= 15 is 0 Å². The smallest absolute Gasteiger partial charge is 0.248 e. The van der Waals surface area contributed by atoms with Crippen LogP contribution in [-0.4, -0.2) is 17.5 Å². The lowest BCUT2D eigenvalue weighted by atomic mass is 10.2. The summed E-state index contributed by atoms with van der Waals surface area (Å²) in [6.07, 6.45) is 0.146. The Labute approximate surface area is 97.2 Å². The number of rotatable bonds is 4. The average molecular weight is 232 g/mol. The first-order valence-corrected chi connectivity index (χ1v) is 5.20. The van der Waals surface area contributed by atoms with Crippen molar-refractivity contribution in [3.8, 4) is 5.75 Å². The molecule has 1 amide bonds.